The topological polar surface area (TPSA) is 92.1 Å². The Balaban J connectivity index is 0.00000151. The molecule has 1 heterocycles. The molecule has 0 unspecified atom stereocenters. The first-order chi connectivity index (χ1) is 12.0. The van der Waals surface area contributed by atoms with E-state index in [1.807, 2.05) is 37.6 Å². The molecule has 0 aliphatic rings. The molecule has 2 aromatic rings. The highest BCUT2D eigenvalue weighted by molar-refractivity contribution is 8.02. The first-order valence-corrected chi connectivity index (χ1v) is 8.92. The van der Waals surface area contributed by atoms with E-state index in [0.717, 1.165) is 16.9 Å². The Bertz CT molecular complexity index is 827. The van der Waals surface area contributed by atoms with E-state index < -0.39 is 0 Å². The fourth-order valence-electron chi connectivity index (χ4n) is 2.29. The lowest BCUT2D eigenvalue weighted by Gasteiger charge is -2.21. The Kier molecular flexibility index (Phi) is 8.66. The molecular formula is C18H24N4O2S. The molecule has 6 nitrogen and oxygen atoms in total. The van der Waals surface area contributed by atoms with Crippen molar-refractivity contribution in [3.05, 3.63) is 63.2 Å². The SMILES string of the molecule is CN.CS/C(=C\C=C\C=O)N(C)Cc1ccc2nc(C)[nH]c(=O)c2c1. The number of fused-ring (bicyclic) bond motifs is 1. The van der Waals surface area contributed by atoms with Crippen molar-refractivity contribution >= 4 is 29.0 Å². The summed E-state index contributed by atoms with van der Waals surface area (Å²) in [4.78, 5) is 31.5. The summed E-state index contributed by atoms with van der Waals surface area (Å²) in [6.07, 6.45) is 7.78. The molecule has 0 spiro atoms. The average Bonchev–Trinajstić information content (AvgIpc) is 2.61. The summed E-state index contributed by atoms with van der Waals surface area (Å²) in [6, 6.07) is 5.72. The van der Waals surface area contributed by atoms with E-state index in [0.29, 0.717) is 23.3 Å². The third kappa shape index (κ3) is 5.88. The lowest BCUT2D eigenvalue weighted by Crippen LogP contribution is -2.16. The first-order valence-electron chi connectivity index (χ1n) is 7.69. The zero-order valence-electron chi connectivity index (χ0n) is 14.9. The molecule has 0 saturated carbocycles. The first kappa shape index (κ1) is 20.7. The van der Waals surface area contributed by atoms with Crippen LogP contribution in [0.2, 0.25) is 0 Å². The second-order valence-electron chi connectivity index (χ2n) is 5.09. The third-order valence-corrected chi connectivity index (χ3v) is 4.19. The lowest BCUT2D eigenvalue weighted by molar-refractivity contribution is -0.104. The predicted octanol–water partition coefficient (Wildman–Crippen LogP) is 2.20. The number of hydrogen-bond donors (Lipinski definition) is 2. The average molecular weight is 360 g/mol. The quantitative estimate of drug-likeness (QED) is 0.466. The summed E-state index contributed by atoms with van der Waals surface area (Å²) in [6.45, 7) is 2.43. The smallest absolute Gasteiger partial charge is 0.258 e. The second-order valence-corrected chi connectivity index (χ2v) is 5.92. The molecule has 2 rings (SSSR count). The van der Waals surface area contributed by atoms with Gasteiger partial charge in [0.05, 0.1) is 15.9 Å². The molecule has 0 aliphatic heterocycles. The summed E-state index contributed by atoms with van der Waals surface area (Å²) in [7, 11) is 3.47. The number of nitrogens with zero attached hydrogens (tertiary/aromatic N) is 2. The molecule has 3 N–H and O–H groups in total. The van der Waals surface area contributed by atoms with Crippen LogP contribution in [0, 0.1) is 6.92 Å². The largest absolute Gasteiger partial charge is 0.365 e. The van der Waals surface area contributed by atoms with Crippen LogP contribution >= 0.6 is 11.8 Å². The number of rotatable bonds is 6. The highest BCUT2D eigenvalue weighted by Crippen LogP contribution is 2.19. The molecule has 0 atom stereocenters. The van der Waals surface area contributed by atoms with Crippen LogP contribution in [0.1, 0.15) is 11.4 Å². The van der Waals surface area contributed by atoms with Crippen LogP contribution in [0.25, 0.3) is 10.9 Å². The number of carbonyl (C=O) groups excluding carboxylic acids is 1. The molecule has 134 valence electrons. The van der Waals surface area contributed by atoms with Gasteiger partial charge in [-0.05, 0) is 50.1 Å². The van der Waals surface area contributed by atoms with Gasteiger partial charge in [-0.3, -0.25) is 9.59 Å². The van der Waals surface area contributed by atoms with E-state index >= 15 is 0 Å². The number of carbonyl (C=O) groups is 1. The zero-order valence-corrected chi connectivity index (χ0v) is 15.8. The van der Waals surface area contributed by atoms with Crippen molar-refractivity contribution in [3.8, 4) is 0 Å². The summed E-state index contributed by atoms with van der Waals surface area (Å²) in [5.74, 6) is 0.613. The molecule has 0 fully saturated rings. The van der Waals surface area contributed by atoms with Crippen molar-refractivity contribution in [1.29, 1.82) is 0 Å². The fraction of sp³-hybridized carbons (Fsp3) is 0.278. The van der Waals surface area contributed by atoms with Gasteiger partial charge in [0.25, 0.3) is 5.56 Å². The number of aryl methyl sites for hydroxylation is 1. The van der Waals surface area contributed by atoms with Crippen molar-refractivity contribution in [2.24, 2.45) is 5.73 Å². The number of benzene rings is 1. The number of aromatic amines is 1. The molecule has 7 heteroatoms. The normalized spacial score (nSPS) is 11.3. The fourth-order valence-corrected chi connectivity index (χ4v) is 2.88. The van der Waals surface area contributed by atoms with E-state index in [-0.39, 0.29) is 5.56 Å². The number of nitrogens with two attached hydrogens (primary N) is 1. The summed E-state index contributed by atoms with van der Waals surface area (Å²) >= 11 is 1.60. The van der Waals surface area contributed by atoms with Crippen molar-refractivity contribution in [2.45, 2.75) is 13.5 Å². The molecule has 25 heavy (non-hydrogen) atoms. The van der Waals surface area contributed by atoms with Crippen LogP contribution in [0.15, 0.2) is 46.3 Å². The maximum absolute atomic E-state index is 12.0. The van der Waals surface area contributed by atoms with Crippen molar-refractivity contribution in [3.63, 3.8) is 0 Å². The number of aromatic nitrogens is 2. The number of nitrogens with one attached hydrogen (secondary N) is 1. The van der Waals surface area contributed by atoms with Crippen LogP contribution in [-0.2, 0) is 11.3 Å². The Morgan fingerprint density at radius 1 is 1.36 bits per heavy atom. The Morgan fingerprint density at radius 3 is 2.72 bits per heavy atom. The van der Waals surface area contributed by atoms with Crippen molar-refractivity contribution < 1.29 is 4.79 Å². The molecule has 0 radical (unpaired) electrons. The van der Waals surface area contributed by atoms with E-state index in [9.17, 15) is 9.59 Å². The van der Waals surface area contributed by atoms with Gasteiger partial charge < -0.3 is 15.6 Å². The van der Waals surface area contributed by atoms with Gasteiger partial charge in [-0.15, -0.1) is 11.8 Å². The van der Waals surface area contributed by atoms with Gasteiger partial charge in [-0.1, -0.05) is 12.1 Å². The van der Waals surface area contributed by atoms with Gasteiger partial charge in [0.15, 0.2) is 0 Å². The number of allylic oxidation sites excluding steroid dienone is 3. The van der Waals surface area contributed by atoms with Crippen LogP contribution in [0.3, 0.4) is 0 Å². The standard InChI is InChI=1S/C17H19N3O2S.CH5N/c1-12-18-15-8-7-13(10-14(15)17(22)19-12)11-20(2)16(23-3)6-4-5-9-21;1-2/h4-10H,11H2,1-3H3,(H,18,19,22);2H2,1H3/b5-4+,16-6-;. The minimum atomic E-state index is -0.119. The minimum Gasteiger partial charge on any atom is -0.365 e. The van der Waals surface area contributed by atoms with Gasteiger partial charge in [-0.25, -0.2) is 4.98 Å². The maximum atomic E-state index is 12.0. The van der Waals surface area contributed by atoms with E-state index in [4.69, 9.17) is 0 Å². The Morgan fingerprint density at radius 2 is 2.08 bits per heavy atom. The molecular weight excluding hydrogens is 336 g/mol. The number of thioether (sulfide) groups is 1. The molecule has 0 saturated heterocycles. The molecule has 1 aromatic carbocycles. The van der Waals surface area contributed by atoms with Gasteiger partial charge in [0, 0.05) is 13.6 Å². The van der Waals surface area contributed by atoms with Crippen LogP contribution in [0.4, 0.5) is 0 Å². The highest BCUT2D eigenvalue weighted by Gasteiger charge is 2.07. The highest BCUT2D eigenvalue weighted by atomic mass is 32.2. The zero-order chi connectivity index (χ0) is 18.8. The molecule has 1 aromatic heterocycles. The van der Waals surface area contributed by atoms with Gasteiger partial charge in [0.2, 0.25) is 0 Å². The van der Waals surface area contributed by atoms with Crippen LogP contribution < -0.4 is 11.3 Å². The Hall–Kier alpha value is -2.38. The minimum absolute atomic E-state index is 0.119. The summed E-state index contributed by atoms with van der Waals surface area (Å²) < 4.78 is 0. The predicted molar refractivity (Wildman–Crippen MR) is 105 cm³/mol. The van der Waals surface area contributed by atoms with E-state index in [2.05, 4.69) is 20.6 Å². The van der Waals surface area contributed by atoms with Crippen LogP contribution in [-0.4, -0.2) is 41.5 Å². The summed E-state index contributed by atoms with van der Waals surface area (Å²) in [5.41, 5.74) is 6.11. The molecule has 0 bridgehead atoms. The molecule has 0 amide bonds. The maximum Gasteiger partial charge on any atom is 0.258 e. The van der Waals surface area contributed by atoms with E-state index in [1.165, 1.54) is 13.1 Å². The number of H-pyrrole nitrogens is 1. The second kappa shape index (κ2) is 10.5. The van der Waals surface area contributed by atoms with Crippen molar-refractivity contribution in [1.82, 2.24) is 14.9 Å². The van der Waals surface area contributed by atoms with Gasteiger partial charge in [0.1, 0.15) is 12.1 Å². The van der Waals surface area contributed by atoms with Crippen LogP contribution in [0.5, 0.6) is 0 Å². The van der Waals surface area contributed by atoms with Crippen molar-refractivity contribution in [2.75, 3.05) is 20.4 Å². The lowest BCUT2D eigenvalue weighted by atomic mass is 10.1. The summed E-state index contributed by atoms with van der Waals surface area (Å²) in [5, 5.41) is 1.62. The molecule has 0 aliphatic carbocycles. The van der Waals surface area contributed by atoms with E-state index in [1.54, 1.807) is 24.8 Å². The monoisotopic (exact) mass is 360 g/mol. The number of aldehydes is 1. The third-order valence-electron chi connectivity index (χ3n) is 3.32. The van der Waals surface area contributed by atoms with Gasteiger partial charge >= 0.3 is 0 Å². The number of hydrogen-bond acceptors (Lipinski definition) is 6. The Labute approximate surface area is 151 Å². The van der Waals surface area contributed by atoms with Gasteiger partial charge in [-0.2, -0.15) is 0 Å².